The summed E-state index contributed by atoms with van der Waals surface area (Å²) in [5, 5.41) is 22.5. The maximum atomic E-state index is 13.3. The highest BCUT2D eigenvalue weighted by Crippen LogP contribution is 2.58. The van der Waals surface area contributed by atoms with Crippen molar-refractivity contribution in [2.75, 3.05) is 27.6 Å². The van der Waals surface area contributed by atoms with Crippen molar-refractivity contribution in [3.63, 3.8) is 0 Å². The molecule has 1 N–H and O–H groups in total. The number of fused-ring (bicyclic) bond motifs is 9. The topological polar surface area (TPSA) is 131 Å². The zero-order chi connectivity index (χ0) is 37.2. The van der Waals surface area contributed by atoms with E-state index in [0.717, 1.165) is 29.3 Å². The number of phenols is 1. The molecule has 0 aromatic heterocycles. The lowest BCUT2D eigenvalue weighted by Gasteiger charge is -2.59. The van der Waals surface area contributed by atoms with Gasteiger partial charge < -0.3 is 28.8 Å². The minimum Gasteiger partial charge on any atom is -0.504 e. The number of benzene rings is 3. The summed E-state index contributed by atoms with van der Waals surface area (Å²) in [5.74, 6) is -0.0392. The number of aromatic hydroxyl groups is 1. The largest absolute Gasteiger partial charge is 0.504 e. The maximum Gasteiger partial charge on any atom is 0.416 e. The highest BCUT2D eigenvalue weighted by Gasteiger charge is 2.57. The molecule has 14 heteroatoms. The third-order valence-electron chi connectivity index (χ3n) is 10.5. The van der Waals surface area contributed by atoms with Gasteiger partial charge in [-0.25, -0.2) is 4.79 Å². The van der Waals surface area contributed by atoms with Crippen LogP contribution < -0.4 is 18.9 Å². The van der Waals surface area contributed by atoms with Gasteiger partial charge in [0.2, 0.25) is 6.79 Å². The van der Waals surface area contributed by atoms with Crippen LogP contribution in [0.1, 0.15) is 63.5 Å². The summed E-state index contributed by atoms with van der Waals surface area (Å²) < 4.78 is 69.0. The van der Waals surface area contributed by atoms with Crippen molar-refractivity contribution in [3.05, 3.63) is 80.9 Å². The van der Waals surface area contributed by atoms with Crippen LogP contribution in [0.4, 0.5) is 13.2 Å². The van der Waals surface area contributed by atoms with Crippen LogP contribution in [0.3, 0.4) is 0 Å². The third kappa shape index (κ3) is 5.68. The molecule has 3 aromatic rings. The van der Waals surface area contributed by atoms with E-state index >= 15 is 0 Å². The first-order valence-electron chi connectivity index (χ1n) is 16.7. The first kappa shape index (κ1) is 35.2. The number of phenolic OH excluding ortho intramolecular Hbond substituents is 1. The van der Waals surface area contributed by atoms with Gasteiger partial charge in [-0.15, -0.1) is 0 Å². The number of halogens is 3. The lowest BCUT2D eigenvalue weighted by molar-refractivity contribution is -0.143. The van der Waals surface area contributed by atoms with Gasteiger partial charge in [-0.3, -0.25) is 14.6 Å². The fourth-order valence-corrected chi connectivity index (χ4v) is 8.47. The average molecular weight is 720 g/mol. The second-order valence-electron chi connectivity index (χ2n) is 13.4. The SMILES string of the molecule is COc1c(C)cc2c(c1O)[C@@H]1C3Cc4c(OC(C)=O)c(C)c5c(c4[C@H](COC(=O)/C=C/c4cccc(C(F)(F)F)c4)N3[C@@H](C#N)[C@H](C2)N1C)OCO5. The molecule has 0 saturated carbocycles. The van der Waals surface area contributed by atoms with Gasteiger partial charge >= 0.3 is 18.1 Å². The lowest BCUT2D eigenvalue weighted by Crippen LogP contribution is -2.68. The van der Waals surface area contributed by atoms with Gasteiger partial charge in [0.25, 0.3) is 0 Å². The number of nitrogens with zero attached hydrogens (tertiary/aromatic N) is 3. The molecule has 1 fully saturated rings. The molecule has 1 saturated heterocycles. The van der Waals surface area contributed by atoms with Gasteiger partial charge in [0.15, 0.2) is 23.0 Å². The molecule has 4 aliphatic rings. The number of hydrogen-bond acceptors (Lipinski definition) is 11. The molecule has 2 bridgehead atoms. The summed E-state index contributed by atoms with van der Waals surface area (Å²) in [6, 6.07) is 6.13. The number of carbonyl (C=O) groups excluding carboxylic acids is 2. The van der Waals surface area contributed by atoms with Gasteiger partial charge in [0, 0.05) is 47.3 Å². The number of methoxy groups -OCH3 is 1. The minimum atomic E-state index is -4.55. The molecule has 4 aliphatic heterocycles. The summed E-state index contributed by atoms with van der Waals surface area (Å²) in [4.78, 5) is 29.8. The summed E-state index contributed by atoms with van der Waals surface area (Å²) in [5.41, 5.74) is 3.28. The Labute approximate surface area is 297 Å². The van der Waals surface area contributed by atoms with Crippen LogP contribution in [-0.4, -0.2) is 72.5 Å². The Morgan fingerprint density at radius 3 is 2.54 bits per heavy atom. The molecule has 52 heavy (non-hydrogen) atoms. The van der Waals surface area contributed by atoms with Crippen molar-refractivity contribution in [1.29, 1.82) is 5.26 Å². The van der Waals surface area contributed by atoms with E-state index in [1.165, 1.54) is 32.2 Å². The van der Waals surface area contributed by atoms with Crippen LogP contribution in [0.5, 0.6) is 28.7 Å². The smallest absolute Gasteiger partial charge is 0.416 e. The number of piperazine rings is 1. The van der Waals surface area contributed by atoms with Crippen molar-refractivity contribution >= 4 is 18.0 Å². The summed E-state index contributed by atoms with van der Waals surface area (Å²) >= 11 is 0. The Hall–Kier alpha value is -5.26. The number of hydrogen-bond donors (Lipinski definition) is 1. The monoisotopic (exact) mass is 719 g/mol. The van der Waals surface area contributed by atoms with Crippen LogP contribution in [0.15, 0.2) is 36.4 Å². The van der Waals surface area contributed by atoms with Gasteiger partial charge in [0.05, 0.1) is 30.8 Å². The van der Waals surface area contributed by atoms with Gasteiger partial charge in [-0.1, -0.05) is 18.2 Å². The average Bonchev–Trinajstić information content (AvgIpc) is 3.58. The number of ether oxygens (including phenoxy) is 5. The second kappa shape index (κ2) is 13.1. The first-order chi connectivity index (χ1) is 24.7. The number of likely N-dealkylation sites (N-methyl/N-ethyl adjacent to an activating group) is 1. The predicted molar refractivity (Wildman–Crippen MR) is 179 cm³/mol. The van der Waals surface area contributed by atoms with Gasteiger partial charge in [-0.2, -0.15) is 18.4 Å². The van der Waals surface area contributed by atoms with E-state index in [9.17, 15) is 33.1 Å². The fourth-order valence-electron chi connectivity index (χ4n) is 8.47. The first-order valence-corrected chi connectivity index (χ1v) is 16.7. The van der Waals surface area contributed by atoms with E-state index in [-0.39, 0.29) is 42.9 Å². The van der Waals surface area contributed by atoms with E-state index < -0.39 is 47.8 Å². The molecule has 0 aliphatic carbocycles. The summed E-state index contributed by atoms with van der Waals surface area (Å²) in [6.07, 6.45) is -1.58. The molecule has 0 radical (unpaired) electrons. The summed E-state index contributed by atoms with van der Waals surface area (Å²) in [7, 11) is 3.40. The number of rotatable bonds is 6. The van der Waals surface area contributed by atoms with Gasteiger partial charge in [0.1, 0.15) is 18.4 Å². The molecular formula is C38H36F3N3O8. The van der Waals surface area contributed by atoms with E-state index in [1.54, 1.807) is 6.92 Å². The van der Waals surface area contributed by atoms with E-state index in [2.05, 4.69) is 11.0 Å². The zero-order valence-electron chi connectivity index (χ0n) is 29.0. The molecule has 1 unspecified atom stereocenters. The predicted octanol–water partition coefficient (Wildman–Crippen LogP) is 5.72. The van der Waals surface area contributed by atoms with Crippen LogP contribution in [0.2, 0.25) is 0 Å². The number of alkyl halides is 3. The standard InChI is InChI=1S/C38H36F3N3O8/c1-18-11-22-13-25-27(15-42)44-26(32(43(25)4)30(22)33(47)34(18)48-5)14-24-31(37-36(50-17-51-37)19(2)35(24)52-20(3)45)28(44)16-49-29(46)10-9-21-7-6-8-23(12-21)38(39,40)41/h6-12,25-28,32,47H,13-14,16-17H2,1-5H3/b10-9+/t25-,26?,27-,28-,32-/m0/s1. The third-order valence-corrected chi connectivity index (χ3v) is 10.5. The Balaban J connectivity index is 1.35. The van der Waals surface area contributed by atoms with Crippen LogP contribution in [0, 0.1) is 25.2 Å². The number of carbonyl (C=O) groups is 2. The molecule has 11 nitrogen and oxygen atoms in total. The Morgan fingerprint density at radius 2 is 1.85 bits per heavy atom. The van der Waals surface area contributed by atoms with Crippen molar-refractivity contribution in [2.45, 2.75) is 70.0 Å². The molecule has 4 heterocycles. The summed E-state index contributed by atoms with van der Waals surface area (Å²) in [6.45, 7) is 4.47. The zero-order valence-corrected chi connectivity index (χ0v) is 29.0. The van der Waals surface area contributed by atoms with Crippen molar-refractivity contribution < 1.29 is 51.6 Å². The van der Waals surface area contributed by atoms with Crippen LogP contribution in [-0.2, 0) is 33.3 Å². The highest BCUT2D eigenvalue weighted by atomic mass is 19.4. The normalized spacial score (nSPS) is 23.3. The number of esters is 2. The molecule has 0 spiro atoms. The molecule has 5 atom stereocenters. The van der Waals surface area contributed by atoms with Crippen LogP contribution in [0.25, 0.3) is 6.08 Å². The molecule has 0 amide bonds. The van der Waals surface area contributed by atoms with Crippen molar-refractivity contribution in [1.82, 2.24) is 9.80 Å². The molecule has 272 valence electrons. The second-order valence-corrected chi connectivity index (χ2v) is 13.4. The number of aryl methyl sites for hydroxylation is 1. The highest BCUT2D eigenvalue weighted by molar-refractivity contribution is 5.87. The molecule has 7 rings (SSSR count). The number of nitriles is 1. The Kier molecular flexibility index (Phi) is 8.83. The fraction of sp³-hybridized carbons (Fsp3) is 0.395. The Bertz CT molecular complexity index is 2060. The van der Waals surface area contributed by atoms with Crippen molar-refractivity contribution in [3.8, 4) is 34.8 Å². The van der Waals surface area contributed by atoms with E-state index in [4.69, 9.17) is 23.7 Å². The van der Waals surface area contributed by atoms with Gasteiger partial charge in [-0.05, 0) is 68.6 Å². The lowest BCUT2D eigenvalue weighted by atomic mass is 9.71. The van der Waals surface area contributed by atoms with Crippen LogP contribution >= 0.6 is 0 Å². The van der Waals surface area contributed by atoms with E-state index in [1.807, 2.05) is 24.9 Å². The Morgan fingerprint density at radius 1 is 1.10 bits per heavy atom. The van der Waals surface area contributed by atoms with E-state index in [0.29, 0.717) is 45.9 Å². The molecular weight excluding hydrogens is 683 g/mol. The maximum absolute atomic E-state index is 13.3. The van der Waals surface area contributed by atoms with Crippen molar-refractivity contribution in [2.24, 2.45) is 0 Å². The quantitative estimate of drug-likeness (QED) is 0.191. The molecule has 3 aromatic carbocycles. The minimum absolute atomic E-state index is 0.00117.